The Morgan fingerprint density at radius 3 is 2.79 bits per heavy atom. The second-order valence-corrected chi connectivity index (χ2v) is 5.18. The lowest BCUT2D eigenvalue weighted by molar-refractivity contribution is -0.141. The third-order valence-corrected chi connectivity index (χ3v) is 3.58. The summed E-state index contributed by atoms with van der Waals surface area (Å²) in [4.78, 5) is 24.3. The summed E-state index contributed by atoms with van der Waals surface area (Å²) in [5, 5.41) is 5.36. The van der Waals surface area contributed by atoms with Crippen molar-refractivity contribution in [3.63, 3.8) is 0 Å². The fourth-order valence-electron chi connectivity index (χ4n) is 2.45. The predicted octanol–water partition coefficient (Wildman–Crippen LogP) is 1.90. The maximum absolute atomic E-state index is 12.5. The fourth-order valence-corrected chi connectivity index (χ4v) is 2.45. The Hall–Kier alpha value is -2.54. The first-order valence-corrected chi connectivity index (χ1v) is 7.74. The number of hydrogen-bond acceptors (Lipinski definition) is 5. The van der Waals surface area contributed by atoms with E-state index in [-0.39, 0.29) is 12.6 Å². The van der Waals surface area contributed by atoms with Crippen molar-refractivity contribution in [3.05, 3.63) is 41.1 Å². The maximum Gasteiger partial charge on any atom is 0.338 e. The van der Waals surface area contributed by atoms with Crippen LogP contribution < -0.4 is 15.4 Å². The lowest BCUT2D eigenvalue weighted by Crippen LogP contribution is -2.45. The zero-order chi connectivity index (χ0) is 17.5. The number of allylic oxidation sites excluding steroid dienone is 1. The van der Waals surface area contributed by atoms with Gasteiger partial charge < -0.3 is 24.8 Å². The van der Waals surface area contributed by atoms with Crippen LogP contribution in [0.25, 0.3) is 0 Å². The van der Waals surface area contributed by atoms with E-state index in [2.05, 4.69) is 10.6 Å². The highest BCUT2D eigenvalue weighted by Crippen LogP contribution is 2.29. The average molecular weight is 334 g/mol. The molecular formula is C17H22N2O5. The molecule has 1 heterocycles. The van der Waals surface area contributed by atoms with Gasteiger partial charge in [-0.15, -0.1) is 0 Å². The van der Waals surface area contributed by atoms with Gasteiger partial charge >= 0.3 is 12.0 Å². The van der Waals surface area contributed by atoms with Crippen molar-refractivity contribution in [2.75, 3.05) is 26.9 Å². The number of esters is 1. The van der Waals surface area contributed by atoms with Crippen molar-refractivity contribution >= 4 is 12.0 Å². The normalized spacial score (nSPS) is 17.1. The lowest BCUT2D eigenvalue weighted by atomic mass is 9.95. The van der Waals surface area contributed by atoms with Crippen molar-refractivity contribution < 1.29 is 23.8 Å². The van der Waals surface area contributed by atoms with Gasteiger partial charge in [0.05, 0.1) is 25.3 Å². The van der Waals surface area contributed by atoms with Crippen LogP contribution in [0.3, 0.4) is 0 Å². The summed E-state index contributed by atoms with van der Waals surface area (Å²) < 4.78 is 15.6. The van der Waals surface area contributed by atoms with Gasteiger partial charge in [-0.1, -0.05) is 12.1 Å². The van der Waals surface area contributed by atoms with Crippen molar-refractivity contribution in [2.24, 2.45) is 0 Å². The zero-order valence-corrected chi connectivity index (χ0v) is 14.0. The summed E-state index contributed by atoms with van der Waals surface area (Å²) in [7, 11) is 1.56. The molecular weight excluding hydrogens is 312 g/mol. The topological polar surface area (TPSA) is 85.9 Å². The van der Waals surface area contributed by atoms with Crippen molar-refractivity contribution in [1.82, 2.24) is 10.6 Å². The average Bonchev–Trinajstić information content (AvgIpc) is 2.58. The van der Waals surface area contributed by atoms with E-state index in [0.717, 1.165) is 5.56 Å². The highest BCUT2D eigenvalue weighted by molar-refractivity contribution is 5.95. The van der Waals surface area contributed by atoms with Crippen LogP contribution in [0.2, 0.25) is 0 Å². The molecule has 7 heteroatoms. The highest BCUT2D eigenvalue weighted by Gasteiger charge is 2.32. The Morgan fingerprint density at radius 1 is 1.29 bits per heavy atom. The van der Waals surface area contributed by atoms with E-state index in [0.29, 0.717) is 30.2 Å². The molecule has 1 aliphatic heterocycles. The Balaban J connectivity index is 2.24. The minimum Gasteiger partial charge on any atom is -0.497 e. The number of amides is 2. The predicted molar refractivity (Wildman–Crippen MR) is 87.6 cm³/mol. The standard InChI is InChI=1S/C17H22N2O5/c1-4-23-8-9-24-16(20)14-11(2)18-17(21)19-15(14)12-6-5-7-13(10-12)22-3/h5-7,10,15H,4,8-9H2,1-3H3,(H2,18,19,21)/t15-/m0/s1. The SMILES string of the molecule is CCOCCOC(=O)C1=C(C)NC(=O)N[C@H]1c1cccc(OC)c1. The summed E-state index contributed by atoms with van der Waals surface area (Å²) in [6.45, 7) is 4.59. The molecule has 0 saturated carbocycles. The molecule has 2 rings (SSSR count). The van der Waals surface area contributed by atoms with Crippen molar-refractivity contribution in [1.29, 1.82) is 0 Å². The van der Waals surface area contributed by atoms with E-state index < -0.39 is 12.0 Å². The molecule has 7 nitrogen and oxygen atoms in total. The van der Waals surface area contributed by atoms with E-state index in [1.165, 1.54) is 0 Å². The smallest absolute Gasteiger partial charge is 0.338 e. The summed E-state index contributed by atoms with van der Waals surface area (Å²) in [5.41, 5.74) is 1.56. The van der Waals surface area contributed by atoms with Crippen molar-refractivity contribution in [3.8, 4) is 5.75 Å². The third kappa shape index (κ3) is 4.26. The van der Waals surface area contributed by atoms with Crippen LogP contribution >= 0.6 is 0 Å². The molecule has 0 fully saturated rings. The van der Waals surface area contributed by atoms with Gasteiger partial charge in [0.25, 0.3) is 0 Å². The molecule has 2 amide bonds. The summed E-state index contributed by atoms with van der Waals surface area (Å²) in [6, 6.07) is 6.22. The highest BCUT2D eigenvalue weighted by atomic mass is 16.6. The monoisotopic (exact) mass is 334 g/mol. The number of carbonyl (C=O) groups excluding carboxylic acids is 2. The van der Waals surface area contributed by atoms with Crippen LogP contribution in [-0.4, -0.2) is 38.9 Å². The molecule has 24 heavy (non-hydrogen) atoms. The summed E-state index contributed by atoms with van der Waals surface area (Å²) >= 11 is 0. The summed E-state index contributed by atoms with van der Waals surface area (Å²) in [6.07, 6.45) is 0. The zero-order valence-electron chi connectivity index (χ0n) is 14.0. The largest absolute Gasteiger partial charge is 0.497 e. The lowest BCUT2D eigenvalue weighted by Gasteiger charge is -2.28. The van der Waals surface area contributed by atoms with Crippen LogP contribution in [0.1, 0.15) is 25.5 Å². The number of urea groups is 1. The van der Waals surface area contributed by atoms with Gasteiger partial charge in [-0.25, -0.2) is 9.59 Å². The van der Waals surface area contributed by atoms with Gasteiger partial charge in [-0.2, -0.15) is 0 Å². The molecule has 0 aliphatic carbocycles. The Bertz CT molecular complexity index is 642. The number of ether oxygens (including phenoxy) is 3. The maximum atomic E-state index is 12.5. The van der Waals surface area contributed by atoms with Gasteiger partial charge in [0.1, 0.15) is 12.4 Å². The first-order chi connectivity index (χ1) is 11.6. The molecule has 0 saturated heterocycles. The van der Waals surface area contributed by atoms with E-state index in [1.54, 1.807) is 32.2 Å². The molecule has 1 aliphatic rings. The van der Waals surface area contributed by atoms with E-state index in [4.69, 9.17) is 14.2 Å². The molecule has 130 valence electrons. The Labute approximate surface area is 141 Å². The van der Waals surface area contributed by atoms with E-state index in [9.17, 15) is 9.59 Å². The first-order valence-electron chi connectivity index (χ1n) is 7.74. The van der Waals surface area contributed by atoms with Crippen LogP contribution in [0, 0.1) is 0 Å². The molecule has 0 spiro atoms. The van der Waals surface area contributed by atoms with Crippen molar-refractivity contribution in [2.45, 2.75) is 19.9 Å². The van der Waals surface area contributed by atoms with Gasteiger partial charge in [-0.3, -0.25) is 0 Å². The first kappa shape index (κ1) is 17.8. The van der Waals surface area contributed by atoms with Crippen LogP contribution in [-0.2, 0) is 14.3 Å². The van der Waals surface area contributed by atoms with Gasteiger partial charge in [0.15, 0.2) is 0 Å². The molecule has 0 radical (unpaired) electrons. The van der Waals surface area contributed by atoms with Crippen LogP contribution in [0.4, 0.5) is 4.79 Å². The molecule has 0 bridgehead atoms. The Morgan fingerprint density at radius 2 is 2.08 bits per heavy atom. The Kier molecular flexibility index (Phi) is 6.20. The molecule has 2 N–H and O–H groups in total. The number of benzene rings is 1. The molecule has 1 atom stereocenters. The number of carbonyl (C=O) groups is 2. The molecule has 1 aromatic rings. The molecule has 0 aromatic heterocycles. The summed E-state index contributed by atoms with van der Waals surface area (Å²) in [5.74, 6) is 0.148. The second-order valence-electron chi connectivity index (χ2n) is 5.18. The second kappa shape index (κ2) is 8.35. The van der Waals surface area contributed by atoms with Crippen LogP contribution in [0.5, 0.6) is 5.75 Å². The number of methoxy groups -OCH3 is 1. The van der Waals surface area contributed by atoms with E-state index in [1.807, 2.05) is 13.0 Å². The quantitative estimate of drug-likeness (QED) is 0.587. The molecule has 0 unspecified atom stereocenters. The van der Waals surface area contributed by atoms with Gasteiger partial charge in [0.2, 0.25) is 0 Å². The van der Waals surface area contributed by atoms with Crippen LogP contribution in [0.15, 0.2) is 35.5 Å². The number of nitrogens with one attached hydrogen (secondary N) is 2. The van der Waals surface area contributed by atoms with E-state index >= 15 is 0 Å². The number of rotatable bonds is 7. The number of hydrogen-bond donors (Lipinski definition) is 2. The third-order valence-electron chi connectivity index (χ3n) is 3.58. The molecule has 1 aromatic carbocycles. The fraction of sp³-hybridized carbons (Fsp3) is 0.412. The van der Waals surface area contributed by atoms with Gasteiger partial charge in [0, 0.05) is 12.3 Å². The van der Waals surface area contributed by atoms with Gasteiger partial charge in [-0.05, 0) is 31.5 Å². The minimum absolute atomic E-state index is 0.155. The minimum atomic E-state index is -0.603.